The Hall–Kier alpha value is -2.79. The summed E-state index contributed by atoms with van der Waals surface area (Å²) < 4.78 is 67.4. The SMILES string of the molecule is CC(=O)c1ccc(S(=O)(=O)N2CCC(n3nnc4cc(C(F)(F)F)ccc43)CC2)cc1. The number of hydrogen-bond donors (Lipinski definition) is 0. The number of benzene rings is 2. The molecule has 164 valence electrons. The van der Waals surface area contributed by atoms with Gasteiger partial charge < -0.3 is 0 Å². The molecule has 2 heterocycles. The van der Waals surface area contributed by atoms with Gasteiger partial charge in [0.05, 0.1) is 22.0 Å². The number of nitrogens with zero attached hydrogens (tertiary/aromatic N) is 4. The number of aromatic nitrogens is 3. The number of halogens is 3. The number of rotatable bonds is 4. The first-order valence-electron chi connectivity index (χ1n) is 9.60. The predicted octanol–water partition coefficient (Wildman–Crippen LogP) is 3.68. The first-order valence-corrected chi connectivity index (χ1v) is 11.0. The molecule has 3 aromatic rings. The van der Waals surface area contributed by atoms with Gasteiger partial charge >= 0.3 is 6.18 Å². The molecule has 1 aliphatic rings. The van der Waals surface area contributed by atoms with E-state index in [4.69, 9.17) is 0 Å². The van der Waals surface area contributed by atoms with Crippen molar-refractivity contribution in [3.63, 3.8) is 0 Å². The number of fused-ring (bicyclic) bond motifs is 1. The number of alkyl halides is 3. The molecule has 31 heavy (non-hydrogen) atoms. The van der Waals surface area contributed by atoms with E-state index < -0.39 is 21.8 Å². The Balaban J connectivity index is 1.50. The lowest BCUT2D eigenvalue weighted by molar-refractivity contribution is -0.137. The zero-order chi connectivity index (χ0) is 22.4. The minimum atomic E-state index is -4.46. The molecule has 0 saturated carbocycles. The van der Waals surface area contributed by atoms with Crippen LogP contribution in [0.1, 0.15) is 41.7 Å². The fraction of sp³-hybridized carbons (Fsp3) is 0.350. The Kier molecular flexibility index (Phi) is 5.34. The molecule has 1 saturated heterocycles. The maximum atomic E-state index is 12.9. The van der Waals surface area contributed by atoms with E-state index >= 15 is 0 Å². The molecule has 0 amide bonds. The molecule has 0 spiro atoms. The first-order chi connectivity index (χ1) is 14.6. The maximum absolute atomic E-state index is 12.9. The van der Waals surface area contributed by atoms with Crippen molar-refractivity contribution in [2.24, 2.45) is 0 Å². The fourth-order valence-corrected chi connectivity index (χ4v) is 5.20. The predicted molar refractivity (Wildman–Crippen MR) is 106 cm³/mol. The van der Waals surface area contributed by atoms with Crippen molar-refractivity contribution in [2.75, 3.05) is 13.1 Å². The lowest BCUT2D eigenvalue weighted by Gasteiger charge is -2.31. The highest BCUT2D eigenvalue weighted by molar-refractivity contribution is 7.89. The molecular formula is C20H19F3N4O3S. The lowest BCUT2D eigenvalue weighted by Crippen LogP contribution is -2.39. The standard InChI is InChI=1S/C20H19F3N4O3S/c1-13(28)14-2-5-17(6-3-14)31(29,30)26-10-8-16(9-11-26)27-19-7-4-15(20(21,22)23)12-18(19)24-25-27/h2-7,12,16H,8-11H2,1H3. The van der Waals surface area contributed by atoms with E-state index in [1.165, 1.54) is 41.6 Å². The van der Waals surface area contributed by atoms with Gasteiger partial charge in [0.1, 0.15) is 5.52 Å². The highest BCUT2D eigenvalue weighted by atomic mass is 32.2. The summed E-state index contributed by atoms with van der Waals surface area (Å²) in [5, 5.41) is 7.87. The summed E-state index contributed by atoms with van der Waals surface area (Å²) in [5.41, 5.74) is 0.276. The van der Waals surface area contributed by atoms with Crippen LogP contribution < -0.4 is 0 Å². The molecule has 1 aromatic heterocycles. The minimum Gasteiger partial charge on any atom is -0.295 e. The molecule has 4 rings (SSSR count). The maximum Gasteiger partial charge on any atom is 0.416 e. The summed E-state index contributed by atoms with van der Waals surface area (Å²) in [5.74, 6) is -0.146. The van der Waals surface area contributed by atoms with Crippen molar-refractivity contribution >= 4 is 26.8 Å². The van der Waals surface area contributed by atoms with Gasteiger partial charge in [0.15, 0.2) is 5.78 Å². The Morgan fingerprint density at radius 3 is 2.29 bits per heavy atom. The van der Waals surface area contributed by atoms with Gasteiger partial charge in [-0.25, -0.2) is 13.1 Å². The van der Waals surface area contributed by atoms with Crippen LogP contribution in [-0.4, -0.2) is 46.6 Å². The van der Waals surface area contributed by atoms with Gasteiger partial charge in [-0.05, 0) is 50.1 Å². The molecule has 2 aromatic carbocycles. The zero-order valence-electron chi connectivity index (χ0n) is 16.5. The van der Waals surface area contributed by atoms with E-state index in [1.807, 2.05) is 0 Å². The average molecular weight is 452 g/mol. The Labute approximate surface area is 176 Å². The summed E-state index contributed by atoms with van der Waals surface area (Å²) in [7, 11) is -3.71. The molecular weight excluding hydrogens is 433 g/mol. The summed E-state index contributed by atoms with van der Waals surface area (Å²) in [6.45, 7) is 1.89. The van der Waals surface area contributed by atoms with Crippen LogP contribution in [0.25, 0.3) is 11.0 Å². The third-order valence-corrected chi connectivity index (χ3v) is 7.38. The Morgan fingerprint density at radius 1 is 1.06 bits per heavy atom. The Bertz CT molecular complexity index is 1230. The molecule has 0 unspecified atom stereocenters. The number of carbonyl (C=O) groups is 1. The van der Waals surface area contributed by atoms with Gasteiger partial charge in [-0.1, -0.05) is 17.3 Å². The molecule has 0 radical (unpaired) electrons. The van der Waals surface area contributed by atoms with Gasteiger partial charge in [-0.2, -0.15) is 17.5 Å². The molecule has 7 nitrogen and oxygen atoms in total. The summed E-state index contributed by atoms with van der Waals surface area (Å²) in [6, 6.07) is 8.93. The normalized spacial score (nSPS) is 16.6. The second-order valence-electron chi connectivity index (χ2n) is 7.45. The van der Waals surface area contributed by atoms with E-state index in [0.29, 0.717) is 23.9 Å². The van der Waals surface area contributed by atoms with Crippen molar-refractivity contribution in [1.29, 1.82) is 0 Å². The highest BCUT2D eigenvalue weighted by Gasteiger charge is 2.33. The van der Waals surface area contributed by atoms with Crippen LogP contribution in [0.3, 0.4) is 0 Å². The third-order valence-electron chi connectivity index (χ3n) is 5.47. The topological polar surface area (TPSA) is 85.2 Å². The largest absolute Gasteiger partial charge is 0.416 e. The molecule has 0 aliphatic carbocycles. The first kappa shape index (κ1) is 21.4. The minimum absolute atomic E-state index is 0.113. The van der Waals surface area contributed by atoms with Crippen LogP contribution in [0.15, 0.2) is 47.4 Å². The van der Waals surface area contributed by atoms with Crippen LogP contribution in [0.2, 0.25) is 0 Å². The highest BCUT2D eigenvalue weighted by Crippen LogP contribution is 2.33. The van der Waals surface area contributed by atoms with Crippen LogP contribution in [0.5, 0.6) is 0 Å². The lowest BCUT2D eigenvalue weighted by atomic mass is 10.1. The number of sulfonamides is 1. The van der Waals surface area contributed by atoms with Gasteiger partial charge in [0.2, 0.25) is 10.0 Å². The molecule has 0 bridgehead atoms. The van der Waals surface area contributed by atoms with Crippen LogP contribution in [0, 0.1) is 0 Å². The molecule has 1 aliphatic heterocycles. The molecule has 0 atom stereocenters. The van der Waals surface area contributed by atoms with E-state index in [-0.39, 0.29) is 35.3 Å². The molecule has 0 N–H and O–H groups in total. The van der Waals surface area contributed by atoms with Crippen molar-refractivity contribution in [2.45, 2.75) is 36.9 Å². The second kappa shape index (κ2) is 7.72. The summed E-state index contributed by atoms with van der Waals surface area (Å²) in [6.07, 6.45) is -3.56. The fourth-order valence-electron chi connectivity index (χ4n) is 3.73. The van der Waals surface area contributed by atoms with E-state index in [2.05, 4.69) is 10.3 Å². The smallest absolute Gasteiger partial charge is 0.295 e. The number of hydrogen-bond acceptors (Lipinski definition) is 5. The number of piperidine rings is 1. The second-order valence-corrected chi connectivity index (χ2v) is 9.39. The number of carbonyl (C=O) groups excluding carboxylic acids is 1. The molecule has 1 fully saturated rings. The monoisotopic (exact) mass is 452 g/mol. The quantitative estimate of drug-likeness (QED) is 0.564. The van der Waals surface area contributed by atoms with E-state index in [0.717, 1.165) is 12.1 Å². The van der Waals surface area contributed by atoms with Gasteiger partial charge in [-0.15, -0.1) is 5.10 Å². The van der Waals surface area contributed by atoms with Gasteiger partial charge in [0.25, 0.3) is 0 Å². The van der Waals surface area contributed by atoms with Crippen molar-refractivity contribution in [3.8, 4) is 0 Å². The number of ketones is 1. The van der Waals surface area contributed by atoms with Gasteiger partial charge in [-0.3, -0.25) is 4.79 Å². The average Bonchev–Trinajstić information content (AvgIpc) is 3.16. The van der Waals surface area contributed by atoms with Gasteiger partial charge in [0, 0.05) is 18.7 Å². The van der Waals surface area contributed by atoms with Crippen molar-refractivity contribution < 1.29 is 26.4 Å². The summed E-state index contributed by atoms with van der Waals surface area (Å²) >= 11 is 0. The van der Waals surface area contributed by atoms with Crippen LogP contribution in [-0.2, 0) is 16.2 Å². The van der Waals surface area contributed by atoms with E-state index in [9.17, 15) is 26.4 Å². The van der Waals surface area contributed by atoms with Crippen molar-refractivity contribution in [1.82, 2.24) is 19.3 Å². The van der Waals surface area contributed by atoms with Crippen LogP contribution in [0.4, 0.5) is 13.2 Å². The van der Waals surface area contributed by atoms with Crippen molar-refractivity contribution in [3.05, 3.63) is 53.6 Å². The Morgan fingerprint density at radius 2 is 1.71 bits per heavy atom. The summed E-state index contributed by atoms with van der Waals surface area (Å²) in [4.78, 5) is 11.5. The van der Waals surface area contributed by atoms with Crippen LogP contribution >= 0.6 is 0 Å². The van der Waals surface area contributed by atoms with E-state index in [1.54, 1.807) is 4.68 Å². The zero-order valence-corrected chi connectivity index (χ0v) is 17.3. The third kappa shape index (κ3) is 4.07. The number of Topliss-reactive ketones (excluding diaryl/α,β-unsaturated/α-hetero) is 1. The molecule has 11 heteroatoms.